The molecule has 0 bridgehead atoms. The van der Waals surface area contributed by atoms with Crippen LogP contribution in [0, 0.1) is 0 Å². The van der Waals surface area contributed by atoms with Crippen molar-refractivity contribution in [2.45, 2.75) is 38.3 Å². The van der Waals surface area contributed by atoms with Gasteiger partial charge in [-0.3, -0.25) is 0 Å². The third-order valence-electron chi connectivity index (χ3n) is 4.33. The summed E-state index contributed by atoms with van der Waals surface area (Å²) in [6.07, 6.45) is -2.39. The number of nitrogens with one attached hydrogen (secondary N) is 1. The Bertz CT molecular complexity index is 775. The molecular formula is C17H19F3N4O2. The number of nitrogens with zero attached hydrogens (tertiary/aromatic N) is 3. The van der Waals surface area contributed by atoms with Gasteiger partial charge in [0.1, 0.15) is 0 Å². The van der Waals surface area contributed by atoms with Crippen LogP contribution in [0.15, 0.2) is 28.8 Å². The predicted molar refractivity (Wildman–Crippen MR) is 87.7 cm³/mol. The number of hydrogen-bond acceptors (Lipinski definition) is 4. The number of alkyl halides is 3. The highest BCUT2D eigenvalue weighted by Gasteiger charge is 2.34. The van der Waals surface area contributed by atoms with Gasteiger partial charge in [-0.1, -0.05) is 24.2 Å². The lowest BCUT2D eigenvalue weighted by Crippen LogP contribution is -2.42. The van der Waals surface area contributed by atoms with Gasteiger partial charge >= 0.3 is 12.2 Å². The van der Waals surface area contributed by atoms with Gasteiger partial charge in [-0.2, -0.15) is 18.2 Å². The maximum absolute atomic E-state index is 13.1. The zero-order valence-electron chi connectivity index (χ0n) is 14.2. The first kappa shape index (κ1) is 18.2. The van der Waals surface area contributed by atoms with Gasteiger partial charge in [-0.15, -0.1) is 0 Å². The molecule has 2 heterocycles. The molecular weight excluding hydrogens is 349 g/mol. The first-order chi connectivity index (χ1) is 12.4. The van der Waals surface area contributed by atoms with Crippen LogP contribution in [-0.4, -0.2) is 34.2 Å². The SMILES string of the molecule is CCc1nc([C@@H]2CCCN(C(=O)Nc3ccccc3C(F)(F)F)C2)no1. The Balaban J connectivity index is 1.70. The van der Waals surface area contributed by atoms with E-state index >= 15 is 0 Å². The molecule has 1 aromatic carbocycles. The quantitative estimate of drug-likeness (QED) is 0.887. The van der Waals surface area contributed by atoms with E-state index in [0.717, 1.165) is 18.9 Å². The molecule has 2 aromatic rings. The third-order valence-corrected chi connectivity index (χ3v) is 4.33. The summed E-state index contributed by atoms with van der Waals surface area (Å²) in [5.41, 5.74) is -1.12. The van der Waals surface area contributed by atoms with Gasteiger partial charge < -0.3 is 14.7 Å². The molecule has 1 fully saturated rings. The highest BCUT2D eigenvalue weighted by atomic mass is 19.4. The van der Waals surface area contributed by atoms with Gasteiger partial charge in [-0.25, -0.2) is 4.79 Å². The molecule has 0 aliphatic carbocycles. The third kappa shape index (κ3) is 3.97. The molecule has 1 aliphatic rings. The minimum atomic E-state index is -4.53. The number of halogens is 3. The minimum Gasteiger partial charge on any atom is -0.339 e. The Kier molecular flexibility index (Phi) is 5.15. The molecule has 9 heteroatoms. The van der Waals surface area contributed by atoms with Crippen molar-refractivity contribution in [2.24, 2.45) is 0 Å². The molecule has 0 saturated carbocycles. The Labute approximate surface area is 148 Å². The van der Waals surface area contributed by atoms with Gasteiger partial charge in [-0.05, 0) is 25.0 Å². The van der Waals surface area contributed by atoms with Gasteiger partial charge in [0.2, 0.25) is 5.89 Å². The first-order valence-corrected chi connectivity index (χ1v) is 8.43. The second-order valence-electron chi connectivity index (χ2n) is 6.16. The summed E-state index contributed by atoms with van der Waals surface area (Å²) >= 11 is 0. The van der Waals surface area contributed by atoms with E-state index in [1.807, 2.05) is 6.92 Å². The number of anilines is 1. The van der Waals surface area contributed by atoms with E-state index in [2.05, 4.69) is 15.5 Å². The molecule has 140 valence electrons. The van der Waals surface area contributed by atoms with Crippen LogP contribution in [0.4, 0.5) is 23.7 Å². The van der Waals surface area contributed by atoms with Crippen LogP contribution in [0.5, 0.6) is 0 Å². The number of hydrogen-bond donors (Lipinski definition) is 1. The van der Waals surface area contributed by atoms with E-state index in [4.69, 9.17) is 4.52 Å². The summed E-state index contributed by atoms with van der Waals surface area (Å²) in [4.78, 5) is 18.2. The molecule has 0 spiro atoms. The van der Waals surface area contributed by atoms with Crippen LogP contribution in [0.3, 0.4) is 0 Å². The van der Waals surface area contributed by atoms with Gasteiger partial charge in [0.05, 0.1) is 11.3 Å². The van der Waals surface area contributed by atoms with Crippen molar-refractivity contribution in [2.75, 3.05) is 18.4 Å². The van der Waals surface area contributed by atoms with Crippen molar-refractivity contribution >= 4 is 11.7 Å². The minimum absolute atomic E-state index is 0.0867. The first-order valence-electron chi connectivity index (χ1n) is 8.43. The monoisotopic (exact) mass is 368 g/mol. The molecule has 0 unspecified atom stereocenters. The molecule has 1 atom stereocenters. The molecule has 2 amide bonds. The summed E-state index contributed by atoms with van der Waals surface area (Å²) in [6, 6.07) is 4.37. The van der Waals surface area contributed by atoms with E-state index in [9.17, 15) is 18.0 Å². The smallest absolute Gasteiger partial charge is 0.339 e. The van der Waals surface area contributed by atoms with Crippen LogP contribution in [0.1, 0.15) is 43.0 Å². The Morgan fingerprint density at radius 3 is 2.85 bits per heavy atom. The predicted octanol–water partition coefficient (Wildman–Crippen LogP) is 4.06. The number of amides is 2. The van der Waals surface area contributed by atoms with Crippen molar-refractivity contribution in [3.05, 3.63) is 41.5 Å². The number of para-hydroxylation sites is 1. The summed E-state index contributed by atoms with van der Waals surface area (Å²) in [5.74, 6) is 0.979. The van der Waals surface area contributed by atoms with Crippen molar-refractivity contribution in [3.8, 4) is 0 Å². The van der Waals surface area contributed by atoms with Crippen LogP contribution in [-0.2, 0) is 12.6 Å². The number of rotatable bonds is 3. The van der Waals surface area contributed by atoms with Gasteiger partial charge in [0.25, 0.3) is 0 Å². The largest absolute Gasteiger partial charge is 0.418 e. The van der Waals surface area contributed by atoms with E-state index in [1.165, 1.54) is 23.1 Å². The number of piperidine rings is 1. The zero-order chi connectivity index (χ0) is 18.7. The van der Waals surface area contributed by atoms with Crippen molar-refractivity contribution in [3.63, 3.8) is 0 Å². The number of aromatic nitrogens is 2. The highest BCUT2D eigenvalue weighted by molar-refractivity contribution is 5.90. The standard InChI is InChI=1S/C17H19F3N4O2/c1-2-14-22-15(23-26-14)11-6-5-9-24(10-11)16(25)21-13-8-4-3-7-12(13)17(18,19)20/h3-4,7-8,11H,2,5-6,9-10H2,1H3,(H,21,25)/t11-/m1/s1. The van der Waals surface area contributed by atoms with E-state index in [-0.39, 0.29) is 11.6 Å². The fourth-order valence-electron chi connectivity index (χ4n) is 2.98. The normalized spacial score (nSPS) is 18.0. The zero-order valence-corrected chi connectivity index (χ0v) is 14.2. The summed E-state index contributed by atoms with van der Waals surface area (Å²) < 4.78 is 44.3. The highest BCUT2D eigenvalue weighted by Crippen LogP contribution is 2.35. The van der Waals surface area contributed by atoms with E-state index < -0.39 is 17.8 Å². The molecule has 1 saturated heterocycles. The molecule has 1 aromatic heterocycles. The number of likely N-dealkylation sites (tertiary alicyclic amines) is 1. The lowest BCUT2D eigenvalue weighted by molar-refractivity contribution is -0.136. The Morgan fingerprint density at radius 1 is 1.38 bits per heavy atom. The molecule has 6 nitrogen and oxygen atoms in total. The number of benzene rings is 1. The van der Waals surface area contributed by atoms with Crippen LogP contribution < -0.4 is 5.32 Å². The second-order valence-corrected chi connectivity index (χ2v) is 6.16. The number of carbonyl (C=O) groups is 1. The van der Waals surface area contributed by atoms with Gasteiger partial charge in [0, 0.05) is 25.4 Å². The number of carbonyl (C=O) groups excluding carboxylic acids is 1. The molecule has 1 N–H and O–H groups in total. The molecule has 3 rings (SSSR count). The van der Waals surface area contributed by atoms with Crippen LogP contribution >= 0.6 is 0 Å². The lowest BCUT2D eigenvalue weighted by Gasteiger charge is -2.31. The fraction of sp³-hybridized carbons (Fsp3) is 0.471. The van der Waals surface area contributed by atoms with E-state index in [1.54, 1.807) is 0 Å². The lowest BCUT2D eigenvalue weighted by atomic mass is 9.97. The summed E-state index contributed by atoms with van der Waals surface area (Å²) in [7, 11) is 0. The maximum atomic E-state index is 13.1. The van der Waals surface area contributed by atoms with Crippen LogP contribution in [0.2, 0.25) is 0 Å². The molecule has 26 heavy (non-hydrogen) atoms. The molecule has 1 aliphatic heterocycles. The summed E-state index contributed by atoms with van der Waals surface area (Å²) in [6.45, 7) is 2.70. The second kappa shape index (κ2) is 7.35. The summed E-state index contributed by atoms with van der Waals surface area (Å²) in [5, 5.41) is 6.32. The van der Waals surface area contributed by atoms with Gasteiger partial charge in [0.15, 0.2) is 5.82 Å². The average molecular weight is 368 g/mol. The Morgan fingerprint density at radius 2 is 2.15 bits per heavy atom. The fourth-order valence-corrected chi connectivity index (χ4v) is 2.98. The van der Waals surface area contributed by atoms with Crippen molar-refractivity contribution < 1.29 is 22.5 Å². The average Bonchev–Trinajstić information content (AvgIpc) is 3.10. The number of aryl methyl sites for hydroxylation is 1. The number of urea groups is 1. The van der Waals surface area contributed by atoms with Crippen LogP contribution in [0.25, 0.3) is 0 Å². The maximum Gasteiger partial charge on any atom is 0.418 e. The Hall–Kier alpha value is -2.58. The van der Waals surface area contributed by atoms with E-state index in [0.29, 0.717) is 31.2 Å². The van der Waals surface area contributed by atoms with Crippen molar-refractivity contribution in [1.29, 1.82) is 0 Å². The van der Waals surface area contributed by atoms with Crippen molar-refractivity contribution in [1.82, 2.24) is 15.0 Å². The topological polar surface area (TPSA) is 71.3 Å². The molecule has 0 radical (unpaired) electrons.